The van der Waals surface area contributed by atoms with E-state index in [1.807, 2.05) is 0 Å². The summed E-state index contributed by atoms with van der Waals surface area (Å²) >= 11 is 2.92. The summed E-state index contributed by atoms with van der Waals surface area (Å²) in [7, 11) is 0. The van der Waals surface area contributed by atoms with E-state index in [-0.39, 0.29) is 19.8 Å². The quantitative estimate of drug-likeness (QED) is 0.395. The van der Waals surface area contributed by atoms with Crippen molar-refractivity contribution in [2.24, 2.45) is 0 Å². The van der Waals surface area contributed by atoms with Crippen LogP contribution in [0.4, 0.5) is 17.6 Å². The SMILES string of the molecule is CC(=O)C(C)(C)OC(=O)c1cc(-n2c(=O)cc(C(F)(F)F)n(N)c2=O)c(F)cc1Br. The highest BCUT2D eigenvalue weighted by Gasteiger charge is 2.36. The zero-order chi connectivity index (χ0) is 23.2. The normalized spacial score (nSPS) is 12.0. The molecule has 30 heavy (non-hydrogen) atoms. The van der Waals surface area contributed by atoms with Crippen molar-refractivity contribution in [3.05, 3.63) is 60.6 Å². The Bertz CT molecular complexity index is 1170. The lowest BCUT2D eigenvalue weighted by Gasteiger charge is -2.22. The zero-order valence-corrected chi connectivity index (χ0v) is 17.2. The van der Waals surface area contributed by atoms with Crippen LogP contribution in [0.25, 0.3) is 5.69 Å². The minimum atomic E-state index is -5.11. The maximum Gasteiger partial charge on any atom is 0.433 e. The number of ketones is 1. The molecular formula is C17H14BrF4N3O5. The van der Waals surface area contributed by atoms with Gasteiger partial charge in [0.05, 0.1) is 11.3 Å². The van der Waals surface area contributed by atoms with Crippen LogP contribution in [0.15, 0.2) is 32.3 Å². The molecule has 0 bridgehead atoms. The van der Waals surface area contributed by atoms with Crippen LogP contribution < -0.4 is 17.1 Å². The molecule has 8 nitrogen and oxygen atoms in total. The van der Waals surface area contributed by atoms with Gasteiger partial charge in [0.2, 0.25) is 0 Å². The number of benzene rings is 1. The molecule has 1 heterocycles. The number of esters is 1. The van der Waals surface area contributed by atoms with Gasteiger partial charge in [0.15, 0.2) is 17.1 Å². The second kappa shape index (κ2) is 7.70. The summed E-state index contributed by atoms with van der Waals surface area (Å²) in [6.07, 6.45) is -5.11. The number of hydrogen-bond acceptors (Lipinski definition) is 6. The number of alkyl halides is 3. The molecular weight excluding hydrogens is 482 g/mol. The lowest BCUT2D eigenvalue weighted by atomic mass is 10.1. The van der Waals surface area contributed by atoms with Gasteiger partial charge in [-0.1, -0.05) is 0 Å². The first-order chi connectivity index (χ1) is 13.6. The maximum atomic E-state index is 14.5. The predicted octanol–water partition coefficient (Wildman–Crippen LogP) is 2.16. The Kier molecular flexibility index (Phi) is 5.99. The molecule has 0 radical (unpaired) electrons. The van der Waals surface area contributed by atoms with E-state index in [1.54, 1.807) is 0 Å². The van der Waals surface area contributed by atoms with Crippen molar-refractivity contribution in [3.8, 4) is 5.69 Å². The average Bonchev–Trinajstić information content (AvgIpc) is 2.58. The first-order valence-corrected chi connectivity index (χ1v) is 8.82. The third-order valence-electron chi connectivity index (χ3n) is 4.12. The molecule has 1 aromatic carbocycles. The average molecular weight is 496 g/mol. The fourth-order valence-corrected chi connectivity index (χ4v) is 2.70. The van der Waals surface area contributed by atoms with E-state index < -0.39 is 57.5 Å². The number of ether oxygens (including phenoxy) is 1. The fraction of sp³-hybridized carbons (Fsp3) is 0.294. The van der Waals surface area contributed by atoms with Gasteiger partial charge >= 0.3 is 17.8 Å². The molecule has 2 N–H and O–H groups in total. The van der Waals surface area contributed by atoms with E-state index in [2.05, 4.69) is 15.9 Å². The fourth-order valence-electron chi connectivity index (χ4n) is 2.22. The van der Waals surface area contributed by atoms with Gasteiger partial charge in [-0.2, -0.15) is 13.2 Å². The summed E-state index contributed by atoms with van der Waals surface area (Å²) in [5, 5.41) is 0. The predicted molar refractivity (Wildman–Crippen MR) is 99.3 cm³/mol. The molecule has 0 aliphatic heterocycles. The van der Waals surface area contributed by atoms with Crippen LogP contribution >= 0.6 is 15.9 Å². The molecule has 2 aromatic rings. The van der Waals surface area contributed by atoms with Crippen molar-refractivity contribution < 1.29 is 31.9 Å². The van der Waals surface area contributed by atoms with Gasteiger partial charge in [-0.15, -0.1) is 0 Å². The molecule has 0 unspecified atom stereocenters. The van der Waals surface area contributed by atoms with Crippen LogP contribution in [-0.2, 0) is 15.7 Å². The van der Waals surface area contributed by atoms with Gasteiger partial charge in [0, 0.05) is 10.5 Å². The Hall–Kier alpha value is -2.96. The Morgan fingerprint density at radius 3 is 2.20 bits per heavy atom. The summed E-state index contributed by atoms with van der Waals surface area (Å²) in [6, 6.07) is 1.44. The zero-order valence-electron chi connectivity index (χ0n) is 15.6. The van der Waals surface area contributed by atoms with Crippen molar-refractivity contribution in [2.45, 2.75) is 32.5 Å². The monoisotopic (exact) mass is 495 g/mol. The van der Waals surface area contributed by atoms with Crippen molar-refractivity contribution in [3.63, 3.8) is 0 Å². The Morgan fingerprint density at radius 1 is 1.13 bits per heavy atom. The number of carbonyl (C=O) groups is 2. The number of hydrogen-bond donors (Lipinski definition) is 1. The van der Waals surface area contributed by atoms with Crippen molar-refractivity contribution in [1.82, 2.24) is 9.24 Å². The molecule has 0 saturated carbocycles. The highest BCUT2D eigenvalue weighted by Crippen LogP contribution is 2.28. The van der Waals surface area contributed by atoms with Gasteiger partial charge in [0.1, 0.15) is 5.82 Å². The van der Waals surface area contributed by atoms with Gasteiger partial charge < -0.3 is 10.6 Å². The smallest absolute Gasteiger partial charge is 0.433 e. The molecule has 0 amide bonds. The topological polar surface area (TPSA) is 113 Å². The molecule has 0 saturated heterocycles. The second-order valence-corrected chi connectivity index (χ2v) is 7.45. The second-order valence-electron chi connectivity index (χ2n) is 6.59. The van der Waals surface area contributed by atoms with Crippen molar-refractivity contribution >= 4 is 27.7 Å². The van der Waals surface area contributed by atoms with Gasteiger partial charge in [0.25, 0.3) is 5.56 Å². The third kappa shape index (κ3) is 4.30. The molecule has 13 heteroatoms. The summed E-state index contributed by atoms with van der Waals surface area (Å²) in [6.45, 7) is 3.78. The molecule has 0 aliphatic rings. The minimum absolute atomic E-state index is 0.0136. The lowest BCUT2D eigenvalue weighted by molar-refractivity contribution is -0.143. The van der Waals surface area contributed by atoms with Crippen LogP contribution in [0.3, 0.4) is 0 Å². The molecule has 0 aliphatic carbocycles. The molecule has 162 valence electrons. The van der Waals surface area contributed by atoms with Gasteiger partial charge in [-0.3, -0.25) is 9.59 Å². The van der Waals surface area contributed by atoms with Crippen LogP contribution in [0.5, 0.6) is 0 Å². The largest absolute Gasteiger partial charge is 0.448 e. The number of nitrogens with zero attached hydrogens (tertiary/aromatic N) is 2. The number of carbonyl (C=O) groups excluding carboxylic acids is 2. The van der Waals surface area contributed by atoms with E-state index in [1.165, 1.54) is 20.8 Å². The van der Waals surface area contributed by atoms with Crippen LogP contribution in [0, 0.1) is 5.82 Å². The summed E-state index contributed by atoms with van der Waals surface area (Å²) < 4.78 is 57.8. The summed E-state index contributed by atoms with van der Waals surface area (Å²) in [5.41, 5.74) is -7.74. The van der Waals surface area contributed by atoms with E-state index in [0.717, 1.165) is 0 Å². The lowest BCUT2D eigenvalue weighted by Crippen LogP contribution is -2.45. The van der Waals surface area contributed by atoms with Crippen molar-refractivity contribution in [2.75, 3.05) is 5.84 Å². The molecule has 0 spiro atoms. The first kappa shape index (κ1) is 23.3. The highest BCUT2D eigenvalue weighted by molar-refractivity contribution is 9.10. The number of aromatic nitrogens is 2. The minimum Gasteiger partial charge on any atom is -0.448 e. The highest BCUT2D eigenvalue weighted by atomic mass is 79.9. The van der Waals surface area contributed by atoms with E-state index in [9.17, 15) is 36.7 Å². The molecule has 2 rings (SSSR count). The Balaban J connectivity index is 2.71. The third-order valence-corrected chi connectivity index (χ3v) is 4.78. The number of nitrogens with two attached hydrogens (primary N) is 1. The summed E-state index contributed by atoms with van der Waals surface area (Å²) in [4.78, 5) is 48.4. The number of halogens is 5. The number of nitrogen functional groups attached to an aromatic ring is 1. The summed E-state index contributed by atoms with van der Waals surface area (Å²) in [5.74, 6) is 2.30. The van der Waals surface area contributed by atoms with Crippen LogP contribution in [0.1, 0.15) is 36.8 Å². The van der Waals surface area contributed by atoms with Crippen LogP contribution in [-0.4, -0.2) is 26.6 Å². The van der Waals surface area contributed by atoms with E-state index >= 15 is 0 Å². The standard InChI is InChI=1S/C17H14BrF4N3O5/c1-7(26)16(2,3)30-14(28)8-4-11(10(19)5-9(8)18)24-13(27)6-12(17(20,21)22)25(23)15(24)29/h4-6H,23H2,1-3H3. The van der Waals surface area contributed by atoms with Gasteiger partial charge in [-0.25, -0.2) is 23.2 Å². The Morgan fingerprint density at radius 2 is 1.70 bits per heavy atom. The van der Waals surface area contributed by atoms with Gasteiger partial charge in [-0.05, 0) is 48.8 Å². The Labute approximate surface area is 174 Å². The molecule has 0 fully saturated rings. The molecule has 0 atom stereocenters. The number of rotatable bonds is 4. The van der Waals surface area contributed by atoms with Crippen molar-refractivity contribution in [1.29, 1.82) is 0 Å². The van der Waals surface area contributed by atoms with Crippen LogP contribution in [0.2, 0.25) is 0 Å². The molecule has 1 aromatic heterocycles. The van der Waals surface area contributed by atoms with E-state index in [4.69, 9.17) is 10.6 Å². The van der Waals surface area contributed by atoms with E-state index in [0.29, 0.717) is 12.1 Å². The first-order valence-electron chi connectivity index (χ1n) is 8.03. The number of Topliss-reactive ketones (excluding diaryl/α,β-unsaturated/α-hetero) is 1. The maximum absolute atomic E-state index is 14.5.